The maximum absolute atomic E-state index is 11.7. The van der Waals surface area contributed by atoms with Crippen LogP contribution in [0.15, 0.2) is 18.2 Å². The van der Waals surface area contributed by atoms with Crippen molar-refractivity contribution in [2.24, 2.45) is 5.73 Å². The average Bonchev–Trinajstić information content (AvgIpc) is 3.22. The fourth-order valence-corrected chi connectivity index (χ4v) is 2.42. The minimum atomic E-state index is -0.619. The highest BCUT2D eigenvalue weighted by atomic mass is 16.5. The van der Waals surface area contributed by atoms with Crippen molar-refractivity contribution >= 4 is 5.91 Å². The second-order valence-corrected chi connectivity index (χ2v) is 6.34. The molecule has 21 heavy (non-hydrogen) atoms. The Balaban J connectivity index is 1.82. The monoisotopic (exact) mass is 290 g/mol. The molecule has 0 spiro atoms. The zero-order chi connectivity index (χ0) is 15.5. The molecule has 1 aliphatic rings. The molecule has 1 amide bonds. The molecule has 0 saturated heterocycles. The number of nitrogens with one attached hydrogen (secondary N) is 1. The third kappa shape index (κ3) is 4.46. The Morgan fingerprint density at radius 1 is 1.43 bits per heavy atom. The van der Waals surface area contributed by atoms with E-state index in [1.807, 2.05) is 19.9 Å². The number of hydrogen-bond donors (Lipinski definition) is 2. The van der Waals surface area contributed by atoms with E-state index < -0.39 is 5.54 Å². The number of hydrogen-bond acceptors (Lipinski definition) is 3. The summed E-state index contributed by atoms with van der Waals surface area (Å²) in [6.07, 6.45) is 3.78. The van der Waals surface area contributed by atoms with Crippen molar-refractivity contribution in [2.45, 2.75) is 58.0 Å². The molecule has 4 heteroatoms. The predicted molar refractivity (Wildman–Crippen MR) is 84.4 cm³/mol. The zero-order valence-corrected chi connectivity index (χ0v) is 13.2. The van der Waals surface area contributed by atoms with Gasteiger partial charge >= 0.3 is 0 Å². The van der Waals surface area contributed by atoms with Gasteiger partial charge in [-0.15, -0.1) is 0 Å². The molecule has 1 saturated carbocycles. The fraction of sp³-hybridized carbons (Fsp3) is 0.588. The van der Waals surface area contributed by atoms with Crippen molar-refractivity contribution in [1.29, 1.82) is 0 Å². The van der Waals surface area contributed by atoms with Crippen LogP contribution in [0.4, 0.5) is 0 Å². The zero-order valence-electron chi connectivity index (χ0n) is 13.2. The lowest BCUT2D eigenvalue weighted by molar-refractivity contribution is -0.124. The molecule has 1 atom stereocenters. The van der Waals surface area contributed by atoms with E-state index in [0.717, 1.165) is 30.6 Å². The Hall–Kier alpha value is -1.55. The lowest BCUT2D eigenvalue weighted by Gasteiger charge is -2.27. The summed E-state index contributed by atoms with van der Waals surface area (Å²) in [7, 11) is 0. The molecule has 116 valence electrons. The topological polar surface area (TPSA) is 64.3 Å². The summed E-state index contributed by atoms with van der Waals surface area (Å²) in [4.78, 5) is 11.7. The first kappa shape index (κ1) is 15.8. The first-order valence-electron chi connectivity index (χ1n) is 7.68. The lowest BCUT2D eigenvalue weighted by atomic mass is 9.95. The number of primary amides is 1. The molecular formula is C17H26N2O2. The summed E-state index contributed by atoms with van der Waals surface area (Å²) in [5, 5.41) is 3.36. The lowest BCUT2D eigenvalue weighted by Crippen LogP contribution is -2.54. The van der Waals surface area contributed by atoms with Gasteiger partial charge in [0.2, 0.25) is 5.91 Å². The van der Waals surface area contributed by atoms with Gasteiger partial charge in [0.15, 0.2) is 0 Å². The van der Waals surface area contributed by atoms with Crippen LogP contribution < -0.4 is 15.8 Å². The number of carbonyl (C=O) groups is 1. The highest BCUT2D eigenvalue weighted by Gasteiger charge is 2.36. The smallest absolute Gasteiger partial charge is 0.237 e. The van der Waals surface area contributed by atoms with Crippen molar-refractivity contribution < 1.29 is 9.53 Å². The minimum absolute atomic E-state index is 0.277. The number of carbonyl (C=O) groups excluding carboxylic acids is 1. The van der Waals surface area contributed by atoms with E-state index in [9.17, 15) is 4.79 Å². The van der Waals surface area contributed by atoms with E-state index in [1.165, 1.54) is 5.56 Å². The largest absolute Gasteiger partial charge is 0.493 e. The van der Waals surface area contributed by atoms with E-state index in [1.54, 1.807) is 0 Å². The molecular weight excluding hydrogens is 264 g/mol. The van der Waals surface area contributed by atoms with Gasteiger partial charge in [-0.2, -0.15) is 0 Å². The fourth-order valence-electron chi connectivity index (χ4n) is 2.42. The van der Waals surface area contributed by atoms with E-state index in [0.29, 0.717) is 19.1 Å². The Labute approximate surface area is 127 Å². The molecule has 0 bridgehead atoms. The number of nitrogens with two attached hydrogens (primary N) is 1. The molecule has 4 nitrogen and oxygen atoms in total. The number of ether oxygens (including phenoxy) is 1. The van der Waals surface area contributed by atoms with Crippen LogP contribution >= 0.6 is 0 Å². The molecule has 0 heterocycles. The van der Waals surface area contributed by atoms with E-state index in [4.69, 9.17) is 10.5 Å². The van der Waals surface area contributed by atoms with Crippen LogP contribution in [0.1, 0.15) is 43.7 Å². The van der Waals surface area contributed by atoms with Crippen molar-refractivity contribution in [3.05, 3.63) is 29.3 Å². The predicted octanol–water partition coefficient (Wildman–Crippen LogP) is 2.46. The Kier molecular flexibility index (Phi) is 4.88. The maximum Gasteiger partial charge on any atom is 0.237 e. The quantitative estimate of drug-likeness (QED) is 0.723. The second kappa shape index (κ2) is 6.48. The van der Waals surface area contributed by atoms with Crippen LogP contribution in [0, 0.1) is 13.8 Å². The minimum Gasteiger partial charge on any atom is -0.493 e. The van der Waals surface area contributed by atoms with Gasteiger partial charge in [0.1, 0.15) is 5.75 Å². The van der Waals surface area contributed by atoms with Crippen LogP contribution in [0.5, 0.6) is 5.75 Å². The summed E-state index contributed by atoms with van der Waals surface area (Å²) >= 11 is 0. The van der Waals surface area contributed by atoms with Crippen molar-refractivity contribution in [2.75, 3.05) is 6.61 Å². The highest BCUT2D eigenvalue weighted by Crippen LogP contribution is 2.25. The number of amides is 1. The van der Waals surface area contributed by atoms with E-state index in [2.05, 4.69) is 24.4 Å². The number of aryl methyl sites for hydroxylation is 2. The average molecular weight is 290 g/mol. The van der Waals surface area contributed by atoms with E-state index in [-0.39, 0.29) is 5.91 Å². The molecule has 1 fully saturated rings. The van der Waals surface area contributed by atoms with E-state index >= 15 is 0 Å². The molecule has 0 aromatic heterocycles. The van der Waals surface area contributed by atoms with Crippen molar-refractivity contribution in [3.63, 3.8) is 0 Å². The Bertz CT molecular complexity index is 512. The molecule has 3 N–H and O–H groups in total. The van der Waals surface area contributed by atoms with Crippen molar-refractivity contribution in [3.8, 4) is 5.75 Å². The SMILES string of the molecule is Cc1ccc(C)c(OCCCC(C)(NC2CC2)C(N)=O)c1. The third-order valence-corrected chi connectivity index (χ3v) is 4.07. The van der Waals surface area contributed by atoms with Gasteiger partial charge in [0, 0.05) is 6.04 Å². The van der Waals surface area contributed by atoms with Gasteiger partial charge in [-0.25, -0.2) is 0 Å². The number of rotatable bonds is 8. The summed E-state index contributed by atoms with van der Waals surface area (Å²) in [6.45, 7) is 6.58. The molecule has 0 aliphatic heterocycles. The van der Waals surface area contributed by atoms with Gasteiger partial charge in [0.25, 0.3) is 0 Å². The second-order valence-electron chi connectivity index (χ2n) is 6.34. The Morgan fingerprint density at radius 3 is 2.76 bits per heavy atom. The van der Waals surface area contributed by atoms with Gasteiger partial charge in [0.05, 0.1) is 12.1 Å². The number of benzene rings is 1. The maximum atomic E-state index is 11.7. The standard InChI is InChI=1S/C17H26N2O2/c1-12-5-6-13(2)15(11-12)21-10-4-9-17(3,16(18)20)19-14-7-8-14/h5-6,11,14,19H,4,7-10H2,1-3H3,(H2,18,20). The van der Waals surface area contributed by atoms with Crippen LogP contribution in [0.25, 0.3) is 0 Å². The third-order valence-electron chi connectivity index (χ3n) is 4.07. The van der Waals surface area contributed by atoms with Gasteiger partial charge in [-0.1, -0.05) is 12.1 Å². The first-order chi connectivity index (χ1) is 9.90. The summed E-state index contributed by atoms with van der Waals surface area (Å²) in [6, 6.07) is 6.64. The molecule has 1 unspecified atom stereocenters. The molecule has 1 aliphatic carbocycles. The van der Waals surface area contributed by atoms with Crippen LogP contribution in [0.2, 0.25) is 0 Å². The van der Waals surface area contributed by atoms with Gasteiger partial charge in [-0.3, -0.25) is 4.79 Å². The first-order valence-corrected chi connectivity index (χ1v) is 7.68. The Morgan fingerprint density at radius 2 is 2.14 bits per heavy atom. The van der Waals surface area contributed by atoms with Gasteiger partial charge in [-0.05, 0) is 63.6 Å². The van der Waals surface area contributed by atoms with Crippen LogP contribution in [-0.4, -0.2) is 24.1 Å². The normalized spacial score (nSPS) is 17.3. The summed E-state index contributed by atoms with van der Waals surface area (Å²) < 4.78 is 5.83. The van der Waals surface area contributed by atoms with Gasteiger partial charge < -0.3 is 15.8 Å². The molecule has 1 aromatic carbocycles. The highest BCUT2D eigenvalue weighted by molar-refractivity contribution is 5.84. The molecule has 2 rings (SSSR count). The summed E-state index contributed by atoms with van der Waals surface area (Å²) in [5.74, 6) is 0.645. The van der Waals surface area contributed by atoms with Crippen LogP contribution in [0.3, 0.4) is 0 Å². The van der Waals surface area contributed by atoms with Crippen LogP contribution in [-0.2, 0) is 4.79 Å². The molecule has 0 radical (unpaired) electrons. The summed E-state index contributed by atoms with van der Waals surface area (Å²) in [5.41, 5.74) is 7.24. The van der Waals surface area contributed by atoms with Crippen molar-refractivity contribution in [1.82, 2.24) is 5.32 Å². The molecule has 1 aromatic rings.